The molecule has 0 radical (unpaired) electrons. The maximum absolute atomic E-state index is 12.0. The number of nitrogens with one attached hydrogen (secondary N) is 1. The third-order valence-corrected chi connectivity index (χ3v) is 5.98. The molecule has 96 valence electrons. The molecule has 1 aromatic heterocycles. The summed E-state index contributed by atoms with van der Waals surface area (Å²) < 4.78 is 27.7. The van der Waals surface area contributed by atoms with Crippen molar-refractivity contribution < 1.29 is 8.42 Å². The van der Waals surface area contributed by atoms with Crippen LogP contribution in [0.3, 0.4) is 0 Å². The molecule has 0 atom stereocenters. The number of sulfonamides is 1. The van der Waals surface area contributed by atoms with Crippen LogP contribution in [0.2, 0.25) is 0 Å². The molecule has 7 heteroatoms. The molecule has 0 amide bonds. The SMILES string of the molecule is Cc1ccc(NS(=O)(=O)c2cc(N)cs2)cc1Br. The lowest BCUT2D eigenvalue weighted by Gasteiger charge is -2.07. The Morgan fingerprint density at radius 1 is 1.33 bits per heavy atom. The van der Waals surface area contributed by atoms with Crippen molar-refractivity contribution in [2.75, 3.05) is 10.5 Å². The van der Waals surface area contributed by atoms with Crippen molar-refractivity contribution in [3.8, 4) is 0 Å². The van der Waals surface area contributed by atoms with Crippen molar-refractivity contribution in [2.24, 2.45) is 0 Å². The van der Waals surface area contributed by atoms with Crippen molar-refractivity contribution in [1.29, 1.82) is 0 Å². The van der Waals surface area contributed by atoms with Crippen molar-refractivity contribution >= 4 is 48.7 Å². The summed E-state index contributed by atoms with van der Waals surface area (Å²) in [5.74, 6) is 0. The summed E-state index contributed by atoms with van der Waals surface area (Å²) in [5, 5.41) is 1.60. The molecule has 0 aliphatic rings. The molecule has 3 N–H and O–H groups in total. The van der Waals surface area contributed by atoms with Gasteiger partial charge >= 0.3 is 0 Å². The standard InChI is InChI=1S/C11H11BrN2O2S2/c1-7-2-3-9(5-10(7)12)14-18(15,16)11-4-8(13)6-17-11/h2-6,14H,13H2,1H3. The average molecular weight is 347 g/mol. The zero-order valence-corrected chi connectivity index (χ0v) is 12.7. The van der Waals surface area contributed by atoms with Crippen LogP contribution in [0.4, 0.5) is 11.4 Å². The number of hydrogen-bond donors (Lipinski definition) is 2. The second-order valence-corrected chi connectivity index (χ2v) is 7.44. The Labute approximate surface area is 118 Å². The first-order valence-electron chi connectivity index (χ1n) is 5.01. The molecular weight excluding hydrogens is 336 g/mol. The highest BCUT2D eigenvalue weighted by molar-refractivity contribution is 9.10. The highest BCUT2D eigenvalue weighted by atomic mass is 79.9. The van der Waals surface area contributed by atoms with Gasteiger partial charge in [0.25, 0.3) is 10.0 Å². The Morgan fingerprint density at radius 2 is 2.06 bits per heavy atom. The van der Waals surface area contributed by atoms with E-state index in [1.807, 2.05) is 13.0 Å². The summed E-state index contributed by atoms with van der Waals surface area (Å²) in [6.07, 6.45) is 0. The number of benzene rings is 1. The van der Waals surface area contributed by atoms with Gasteiger partial charge < -0.3 is 5.73 Å². The van der Waals surface area contributed by atoms with Crippen LogP contribution in [-0.2, 0) is 10.0 Å². The zero-order valence-electron chi connectivity index (χ0n) is 9.48. The van der Waals surface area contributed by atoms with Gasteiger partial charge in [0.15, 0.2) is 0 Å². The van der Waals surface area contributed by atoms with Gasteiger partial charge in [0.1, 0.15) is 4.21 Å². The predicted octanol–water partition coefficient (Wildman–Crippen LogP) is 3.20. The summed E-state index contributed by atoms with van der Waals surface area (Å²) in [4.78, 5) is 0. The molecule has 0 bridgehead atoms. The Morgan fingerprint density at radius 3 is 2.61 bits per heavy atom. The van der Waals surface area contributed by atoms with E-state index in [4.69, 9.17) is 5.73 Å². The van der Waals surface area contributed by atoms with Crippen LogP contribution in [0, 0.1) is 6.92 Å². The van der Waals surface area contributed by atoms with Crippen molar-refractivity contribution in [2.45, 2.75) is 11.1 Å². The fourth-order valence-electron chi connectivity index (χ4n) is 1.33. The Kier molecular flexibility index (Phi) is 3.65. The van der Waals surface area contributed by atoms with Crippen molar-refractivity contribution in [3.63, 3.8) is 0 Å². The second kappa shape index (κ2) is 4.91. The summed E-state index contributed by atoms with van der Waals surface area (Å²) in [5.41, 5.74) is 7.53. The Balaban J connectivity index is 2.30. The predicted molar refractivity (Wildman–Crippen MR) is 78.4 cm³/mol. The van der Waals surface area contributed by atoms with E-state index in [9.17, 15) is 8.42 Å². The number of hydrogen-bond acceptors (Lipinski definition) is 4. The van der Waals surface area contributed by atoms with Gasteiger partial charge in [-0.2, -0.15) is 0 Å². The average Bonchev–Trinajstić information content (AvgIpc) is 2.71. The summed E-state index contributed by atoms with van der Waals surface area (Å²) in [7, 11) is -3.55. The molecule has 0 unspecified atom stereocenters. The van der Waals surface area contributed by atoms with Gasteiger partial charge in [0.05, 0.1) is 0 Å². The molecular formula is C11H11BrN2O2S2. The van der Waals surface area contributed by atoms with Crippen LogP contribution < -0.4 is 10.5 Å². The van der Waals surface area contributed by atoms with E-state index in [1.165, 1.54) is 6.07 Å². The minimum Gasteiger partial charge on any atom is -0.398 e. The van der Waals surface area contributed by atoms with Gasteiger partial charge in [0.2, 0.25) is 0 Å². The highest BCUT2D eigenvalue weighted by Gasteiger charge is 2.16. The quantitative estimate of drug-likeness (QED) is 0.896. The number of nitrogen functional groups attached to an aromatic ring is 1. The monoisotopic (exact) mass is 346 g/mol. The van der Waals surface area contributed by atoms with Gasteiger partial charge in [0, 0.05) is 21.2 Å². The number of halogens is 1. The second-order valence-electron chi connectivity index (χ2n) is 3.77. The largest absolute Gasteiger partial charge is 0.398 e. The third-order valence-electron chi connectivity index (χ3n) is 2.28. The van der Waals surface area contributed by atoms with E-state index in [0.717, 1.165) is 21.4 Å². The summed E-state index contributed by atoms with van der Waals surface area (Å²) >= 11 is 4.46. The number of aryl methyl sites for hydroxylation is 1. The van der Waals surface area contributed by atoms with E-state index in [0.29, 0.717) is 11.4 Å². The number of anilines is 2. The topological polar surface area (TPSA) is 72.2 Å². The van der Waals surface area contributed by atoms with E-state index < -0.39 is 10.0 Å². The molecule has 18 heavy (non-hydrogen) atoms. The molecule has 0 fully saturated rings. The molecule has 4 nitrogen and oxygen atoms in total. The smallest absolute Gasteiger partial charge is 0.271 e. The molecule has 1 aromatic carbocycles. The lowest BCUT2D eigenvalue weighted by atomic mass is 10.2. The fraction of sp³-hybridized carbons (Fsp3) is 0.0909. The van der Waals surface area contributed by atoms with E-state index >= 15 is 0 Å². The molecule has 0 aliphatic heterocycles. The van der Waals surface area contributed by atoms with Gasteiger partial charge in [-0.05, 0) is 30.7 Å². The normalized spacial score (nSPS) is 11.4. The van der Waals surface area contributed by atoms with Crippen molar-refractivity contribution in [3.05, 3.63) is 39.7 Å². The highest BCUT2D eigenvalue weighted by Crippen LogP contribution is 2.26. The minimum atomic E-state index is -3.55. The van der Waals surface area contributed by atoms with Crippen LogP contribution >= 0.6 is 27.3 Å². The summed E-state index contributed by atoms with van der Waals surface area (Å²) in [6, 6.07) is 6.72. The lowest BCUT2D eigenvalue weighted by molar-refractivity contribution is 0.603. The van der Waals surface area contributed by atoms with E-state index in [2.05, 4.69) is 20.7 Å². The maximum atomic E-state index is 12.0. The lowest BCUT2D eigenvalue weighted by Crippen LogP contribution is -2.11. The first-order valence-corrected chi connectivity index (χ1v) is 8.17. The van der Waals surface area contributed by atoms with Crippen LogP contribution in [-0.4, -0.2) is 8.42 Å². The third kappa shape index (κ3) is 2.85. The van der Waals surface area contributed by atoms with E-state index in [1.54, 1.807) is 17.5 Å². The maximum Gasteiger partial charge on any atom is 0.271 e. The summed E-state index contributed by atoms with van der Waals surface area (Å²) in [6.45, 7) is 1.93. The minimum absolute atomic E-state index is 0.205. The van der Waals surface area contributed by atoms with Gasteiger partial charge in [-0.3, -0.25) is 4.72 Å². The molecule has 0 spiro atoms. The van der Waals surface area contributed by atoms with Crippen LogP contribution in [0.5, 0.6) is 0 Å². The molecule has 2 aromatic rings. The molecule has 0 saturated heterocycles. The number of rotatable bonds is 3. The number of thiophene rings is 1. The van der Waals surface area contributed by atoms with Crippen LogP contribution in [0.15, 0.2) is 38.3 Å². The molecule has 2 rings (SSSR count). The van der Waals surface area contributed by atoms with Gasteiger partial charge in [-0.25, -0.2) is 8.42 Å². The van der Waals surface area contributed by atoms with Gasteiger partial charge in [-0.1, -0.05) is 22.0 Å². The van der Waals surface area contributed by atoms with Crippen molar-refractivity contribution in [1.82, 2.24) is 0 Å². The van der Waals surface area contributed by atoms with E-state index in [-0.39, 0.29) is 4.21 Å². The molecule has 0 saturated carbocycles. The first kappa shape index (κ1) is 13.4. The zero-order chi connectivity index (χ0) is 13.3. The van der Waals surface area contributed by atoms with Crippen LogP contribution in [0.1, 0.15) is 5.56 Å². The Hall–Kier alpha value is -1.05. The molecule has 0 aliphatic carbocycles. The molecule has 1 heterocycles. The fourth-order valence-corrected chi connectivity index (χ4v) is 3.84. The van der Waals surface area contributed by atoms with Crippen LogP contribution in [0.25, 0.3) is 0 Å². The Bertz CT molecular complexity index is 680. The van der Waals surface area contributed by atoms with Gasteiger partial charge in [-0.15, -0.1) is 11.3 Å². The first-order chi connectivity index (χ1) is 8.38. The number of nitrogens with two attached hydrogens (primary N) is 1.